The minimum Gasteiger partial charge on any atom is -0.389 e. The summed E-state index contributed by atoms with van der Waals surface area (Å²) in [4.78, 5) is 8.42. The quantitative estimate of drug-likeness (QED) is 0.908. The molecule has 3 rings (SSSR count). The summed E-state index contributed by atoms with van der Waals surface area (Å²) >= 11 is 0. The number of nitrogens with one attached hydrogen (secondary N) is 1. The van der Waals surface area contributed by atoms with E-state index in [4.69, 9.17) is 4.74 Å². The van der Waals surface area contributed by atoms with Gasteiger partial charge in [0.2, 0.25) is 0 Å². The Hall–Kier alpha value is -1.98. The molecule has 1 fully saturated rings. The highest BCUT2D eigenvalue weighted by Gasteiger charge is 2.24. The Morgan fingerprint density at radius 2 is 2.09 bits per heavy atom. The summed E-state index contributed by atoms with van der Waals surface area (Å²) in [5, 5.41) is 13.0. The van der Waals surface area contributed by atoms with Crippen molar-refractivity contribution in [1.82, 2.24) is 9.97 Å². The molecule has 0 aromatic carbocycles. The average molecular weight is 299 g/mol. The minimum atomic E-state index is -0.485. The number of aromatic nitrogens is 2. The zero-order valence-electron chi connectivity index (χ0n) is 12.6. The lowest BCUT2D eigenvalue weighted by atomic mass is 9.98. The van der Waals surface area contributed by atoms with Gasteiger partial charge in [0, 0.05) is 31.2 Å². The van der Waals surface area contributed by atoms with Gasteiger partial charge in [-0.05, 0) is 49.1 Å². The van der Waals surface area contributed by atoms with E-state index in [1.54, 1.807) is 25.5 Å². The van der Waals surface area contributed by atoms with Crippen LogP contribution in [-0.2, 0) is 4.74 Å². The first-order chi connectivity index (χ1) is 10.7. The summed E-state index contributed by atoms with van der Waals surface area (Å²) < 4.78 is 5.86. The van der Waals surface area contributed by atoms with Crippen molar-refractivity contribution in [2.45, 2.75) is 38.0 Å². The molecule has 1 saturated heterocycles. The van der Waals surface area contributed by atoms with Crippen molar-refractivity contribution in [1.29, 1.82) is 0 Å². The molecule has 1 aliphatic heterocycles. The molecule has 5 nitrogen and oxygen atoms in total. The van der Waals surface area contributed by atoms with E-state index in [9.17, 15) is 5.11 Å². The van der Waals surface area contributed by atoms with E-state index in [1.165, 1.54) is 5.56 Å². The highest BCUT2D eigenvalue weighted by Crippen LogP contribution is 2.29. The van der Waals surface area contributed by atoms with E-state index in [2.05, 4.69) is 15.3 Å². The summed E-state index contributed by atoms with van der Waals surface area (Å²) in [5.41, 5.74) is 1.99. The van der Waals surface area contributed by atoms with Crippen LogP contribution in [0.1, 0.15) is 43.1 Å². The second-order valence-electron chi connectivity index (χ2n) is 5.66. The Kier molecular flexibility index (Phi) is 4.65. The summed E-state index contributed by atoms with van der Waals surface area (Å²) in [6.07, 6.45) is 6.79. The first-order valence-electron chi connectivity index (χ1n) is 7.64. The average Bonchev–Trinajstić information content (AvgIpc) is 2.56. The number of pyridine rings is 2. The first-order valence-corrected chi connectivity index (χ1v) is 7.64. The summed E-state index contributed by atoms with van der Waals surface area (Å²) in [6.45, 7) is 2.47. The van der Waals surface area contributed by atoms with Gasteiger partial charge < -0.3 is 15.2 Å². The molecule has 0 radical (unpaired) electrons. The molecule has 5 heteroatoms. The number of hydrogen-bond donors (Lipinski definition) is 2. The maximum atomic E-state index is 9.51. The second kappa shape index (κ2) is 6.85. The topological polar surface area (TPSA) is 67.3 Å². The Labute approximate surface area is 130 Å². The Balaban J connectivity index is 1.63. The third-order valence-corrected chi connectivity index (χ3v) is 3.98. The van der Waals surface area contributed by atoms with Crippen molar-refractivity contribution in [3.05, 3.63) is 54.0 Å². The van der Waals surface area contributed by atoms with Crippen LogP contribution in [0.15, 0.2) is 42.9 Å². The van der Waals surface area contributed by atoms with E-state index in [0.717, 1.165) is 30.8 Å². The number of aliphatic hydroxyl groups excluding tert-OH is 1. The fourth-order valence-corrected chi connectivity index (χ4v) is 2.69. The summed E-state index contributed by atoms with van der Waals surface area (Å²) in [6, 6.07) is 8.15. The van der Waals surface area contributed by atoms with Crippen LogP contribution in [0.25, 0.3) is 0 Å². The maximum absolute atomic E-state index is 9.51. The zero-order valence-corrected chi connectivity index (χ0v) is 12.6. The zero-order chi connectivity index (χ0) is 15.4. The Bertz CT molecular complexity index is 587. The van der Waals surface area contributed by atoms with Crippen molar-refractivity contribution in [2.75, 3.05) is 11.9 Å². The molecule has 3 atom stereocenters. The molecule has 0 spiro atoms. The highest BCUT2D eigenvalue weighted by molar-refractivity contribution is 5.37. The van der Waals surface area contributed by atoms with Gasteiger partial charge in [0.25, 0.3) is 0 Å². The molecule has 0 amide bonds. The second-order valence-corrected chi connectivity index (χ2v) is 5.66. The van der Waals surface area contributed by atoms with Crippen LogP contribution in [0.2, 0.25) is 0 Å². The normalized spacial score (nSPS) is 23.0. The third-order valence-electron chi connectivity index (χ3n) is 3.98. The smallest absolute Gasteiger partial charge is 0.126 e. The fraction of sp³-hybridized carbons (Fsp3) is 0.412. The van der Waals surface area contributed by atoms with Gasteiger partial charge in [-0.3, -0.25) is 4.98 Å². The summed E-state index contributed by atoms with van der Waals surface area (Å²) in [5.74, 6) is 0.838. The predicted molar refractivity (Wildman–Crippen MR) is 84.4 cm³/mol. The van der Waals surface area contributed by atoms with Crippen molar-refractivity contribution in [2.24, 2.45) is 0 Å². The molecule has 22 heavy (non-hydrogen) atoms. The van der Waals surface area contributed by atoms with Crippen LogP contribution in [0.5, 0.6) is 0 Å². The molecular weight excluding hydrogens is 278 g/mol. The van der Waals surface area contributed by atoms with Gasteiger partial charge in [-0.25, -0.2) is 4.98 Å². The molecule has 0 bridgehead atoms. The van der Waals surface area contributed by atoms with E-state index in [0.29, 0.717) is 6.04 Å². The molecule has 1 unspecified atom stereocenters. The fourth-order valence-electron chi connectivity index (χ4n) is 2.69. The number of nitrogens with zero attached hydrogens (tertiary/aromatic N) is 2. The van der Waals surface area contributed by atoms with Gasteiger partial charge in [0.15, 0.2) is 0 Å². The molecule has 2 N–H and O–H groups in total. The molecule has 0 aliphatic carbocycles. The van der Waals surface area contributed by atoms with Gasteiger partial charge >= 0.3 is 0 Å². The van der Waals surface area contributed by atoms with Crippen LogP contribution >= 0.6 is 0 Å². The van der Waals surface area contributed by atoms with Gasteiger partial charge in [0.05, 0.1) is 12.2 Å². The minimum absolute atomic E-state index is 0.103. The molecule has 116 valence electrons. The Morgan fingerprint density at radius 1 is 1.27 bits per heavy atom. The van der Waals surface area contributed by atoms with Crippen LogP contribution < -0.4 is 5.32 Å². The molecule has 0 saturated carbocycles. The molecule has 1 aliphatic rings. The van der Waals surface area contributed by atoms with Gasteiger partial charge in [-0.15, -0.1) is 0 Å². The monoisotopic (exact) mass is 299 g/mol. The van der Waals surface area contributed by atoms with Gasteiger partial charge in [-0.1, -0.05) is 6.07 Å². The van der Waals surface area contributed by atoms with E-state index >= 15 is 0 Å². The Morgan fingerprint density at radius 3 is 2.77 bits per heavy atom. The third kappa shape index (κ3) is 3.61. The van der Waals surface area contributed by atoms with Crippen molar-refractivity contribution < 1.29 is 9.84 Å². The first kappa shape index (κ1) is 14.9. The number of aliphatic hydroxyl groups is 1. The highest BCUT2D eigenvalue weighted by atomic mass is 16.5. The molecule has 3 heterocycles. The van der Waals surface area contributed by atoms with Crippen LogP contribution in [-0.4, -0.2) is 27.7 Å². The summed E-state index contributed by atoms with van der Waals surface area (Å²) in [7, 11) is 0. The number of rotatable bonds is 4. The lowest BCUT2D eigenvalue weighted by Gasteiger charge is -2.30. The molecular formula is C17H21N3O2. The lowest BCUT2D eigenvalue weighted by Crippen LogP contribution is -2.30. The maximum Gasteiger partial charge on any atom is 0.126 e. The van der Waals surface area contributed by atoms with E-state index in [1.807, 2.05) is 24.3 Å². The van der Waals surface area contributed by atoms with Gasteiger partial charge in [-0.2, -0.15) is 0 Å². The standard InChI is InChI=1S/C17H21N3O2/c1-12(21)14-2-3-17(19-11-14)20-15-6-9-22-16(10-15)13-4-7-18-8-5-13/h2-5,7-8,11-12,15-16,21H,6,9-10H2,1H3,(H,19,20)/t12?,15-,16+/m1/s1. The molecule has 2 aromatic heterocycles. The van der Waals surface area contributed by atoms with Crippen LogP contribution in [0, 0.1) is 0 Å². The van der Waals surface area contributed by atoms with Crippen molar-refractivity contribution in [3.8, 4) is 0 Å². The predicted octanol–water partition coefficient (Wildman–Crippen LogP) is 2.86. The van der Waals surface area contributed by atoms with Crippen LogP contribution in [0.4, 0.5) is 5.82 Å². The molecule has 2 aromatic rings. The van der Waals surface area contributed by atoms with Crippen molar-refractivity contribution >= 4 is 5.82 Å². The van der Waals surface area contributed by atoms with Crippen LogP contribution in [0.3, 0.4) is 0 Å². The lowest BCUT2D eigenvalue weighted by molar-refractivity contribution is 0.00970. The van der Waals surface area contributed by atoms with Gasteiger partial charge in [0.1, 0.15) is 5.82 Å². The number of hydrogen-bond acceptors (Lipinski definition) is 5. The van der Waals surface area contributed by atoms with E-state index in [-0.39, 0.29) is 6.10 Å². The number of ether oxygens (including phenoxy) is 1. The largest absolute Gasteiger partial charge is 0.389 e. The van der Waals surface area contributed by atoms with E-state index < -0.39 is 6.10 Å². The SMILES string of the molecule is CC(O)c1ccc(N[C@@H]2CCO[C@H](c3ccncc3)C2)nc1. The number of anilines is 1. The van der Waals surface area contributed by atoms with Crippen molar-refractivity contribution in [3.63, 3.8) is 0 Å².